The van der Waals surface area contributed by atoms with Crippen molar-refractivity contribution >= 4 is 11.9 Å². The number of hydroxylamine groups is 2. The van der Waals surface area contributed by atoms with E-state index in [0.717, 1.165) is 13.1 Å². The number of nitrogens with zero attached hydrogens (tertiary/aromatic N) is 1. The number of hydrogen-bond donors (Lipinski definition) is 1. The van der Waals surface area contributed by atoms with Crippen molar-refractivity contribution in [3.63, 3.8) is 0 Å². The topological polar surface area (TPSA) is 67.9 Å². The van der Waals surface area contributed by atoms with Crippen molar-refractivity contribution in [3.8, 4) is 0 Å². The quantitative estimate of drug-likeness (QED) is 0.584. The van der Waals surface area contributed by atoms with Crippen LogP contribution in [0.25, 0.3) is 0 Å². The summed E-state index contributed by atoms with van der Waals surface area (Å²) in [6.07, 6.45) is 3.13. The average Bonchev–Trinajstić information content (AvgIpc) is 2.69. The van der Waals surface area contributed by atoms with Crippen LogP contribution in [-0.2, 0) is 19.2 Å². The molecule has 6 nitrogen and oxygen atoms in total. The highest BCUT2D eigenvalue weighted by atomic mass is 16.7. The molecule has 2 aliphatic rings. The Balaban J connectivity index is 2.28. The zero-order valence-electron chi connectivity index (χ0n) is 11.2. The number of methoxy groups -OCH3 is 1. The number of esters is 1. The van der Waals surface area contributed by atoms with Crippen LogP contribution in [0.2, 0.25) is 0 Å². The highest BCUT2D eigenvalue weighted by Gasteiger charge is 2.57. The number of hydrogen-bond acceptors (Lipinski definition) is 5. The molecule has 0 radical (unpaired) electrons. The van der Waals surface area contributed by atoms with Crippen LogP contribution in [0, 0.1) is 5.92 Å². The molecule has 19 heavy (non-hydrogen) atoms. The van der Waals surface area contributed by atoms with Crippen molar-refractivity contribution in [2.75, 3.05) is 26.8 Å². The van der Waals surface area contributed by atoms with Gasteiger partial charge in [-0.2, -0.15) is 0 Å². The van der Waals surface area contributed by atoms with Gasteiger partial charge in [-0.3, -0.25) is 14.4 Å². The summed E-state index contributed by atoms with van der Waals surface area (Å²) in [7, 11) is 1.36. The molecule has 0 saturated carbocycles. The van der Waals surface area contributed by atoms with E-state index in [0.29, 0.717) is 12.8 Å². The molecule has 0 aromatic rings. The highest BCUT2D eigenvalue weighted by molar-refractivity contribution is 5.88. The summed E-state index contributed by atoms with van der Waals surface area (Å²) in [5.41, 5.74) is -0.571. The molecule has 106 valence electrons. The van der Waals surface area contributed by atoms with Crippen LogP contribution in [0.1, 0.15) is 19.3 Å². The lowest BCUT2D eigenvalue weighted by molar-refractivity contribution is -0.214. The summed E-state index contributed by atoms with van der Waals surface area (Å²) in [5, 5.41) is 4.64. The van der Waals surface area contributed by atoms with Crippen LogP contribution in [0.5, 0.6) is 0 Å². The van der Waals surface area contributed by atoms with E-state index in [1.807, 2.05) is 0 Å². The van der Waals surface area contributed by atoms with E-state index >= 15 is 0 Å². The minimum atomic E-state index is -0.571. The number of piperidine rings is 1. The molecular weight excluding hydrogens is 248 g/mol. The molecule has 2 fully saturated rings. The van der Waals surface area contributed by atoms with Crippen LogP contribution in [0.3, 0.4) is 0 Å². The van der Waals surface area contributed by atoms with Crippen LogP contribution >= 0.6 is 0 Å². The van der Waals surface area contributed by atoms with Gasteiger partial charge in [0.25, 0.3) is 0 Å². The van der Waals surface area contributed by atoms with Crippen molar-refractivity contribution in [3.05, 3.63) is 12.7 Å². The Morgan fingerprint density at radius 1 is 1.58 bits per heavy atom. The largest absolute Gasteiger partial charge is 0.469 e. The van der Waals surface area contributed by atoms with Crippen molar-refractivity contribution in [2.45, 2.75) is 24.8 Å². The SMILES string of the molecule is C=CCON1C(=O)C[C@H](C(=O)OC)C12CCNCC2. The summed E-state index contributed by atoms with van der Waals surface area (Å²) in [5.74, 6) is -0.934. The van der Waals surface area contributed by atoms with Gasteiger partial charge in [0.1, 0.15) is 0 Å². The van der Waals surface area contributed by atoms with E-state index < -0.39 is 11.5 Å². The molecule has 0 aromatic heterocycles. The van der Waals surface area contributed by atoms with E-state index in [1.54, 1.807) is 6.08 Å². The maximum atomic E-state index is 12.1. The smallest absolute Gasteiger partial charge is 0.311 e. The Labute approximate surface area is 112 Å². The lowest BCUT2D eigenvalue weighted by Gasteiger charge is -2.42. The first-order chi connectivity index (χ1) is 9.15. The minimum absolute atomic E-state index is 0.154. The van der Waals surface area contributed by atoms with E-state index in [-0.39, 0.29) is 24.9 Å². The summed E-state index contributed by atoms with van der Waals surface area (Å²) >= 11 is 0. The number of nitrogens with one attached hydrogen (secondary N) is 1. The van der Waals surface area contributed by atoms with E-state index in [9.17, 15) is 9.59 Å². The van der Waals surface area contributed by atoms with Crippen molar-refractivity contribution in [1.29, 1.82) is 0 Å². The molecule has 2 aliphatic heterocycles. The van der Waals surface area contributed by atoms with Gasteiger partial charge in [-0.1, -0.05) is 6.08 Å². The Morgan fingerprint density at radius 3 is 2.84 bits per heavy atom. The van der Waals surface area contributed by atoms with Gasteiger partial charge >= 0.3 is 5.97 Å². The third-order valence-electron chi connectivity index (χ3n) is 3.93. The Bertz CT molecular complexity index is 377. The number of carbonyl (C=O) groups excluding carboxylic acids is 2. The second-order valence-electron chi connectivity index (χ2n) is 4.91. The lowest BCUT2D eigenvalue weighted by Crippen LogP contribution is -2.56. The minimum Gasteiger partial charge on any atom is -0.469 e. The Morgan fingerprint density at radius 2 is 2.26 bits per heavy atom. The number of ether oxygens (including phenoxy) is 1. The first kappa shape index (κ1) is 14.0. The summed E-state index contributed by atoms with van der Waals surface area (Å²) in [6, 6.07) is 0. The zero-order chi connectivity index (χ0) is 13.9. The van der Waals surface area contributed by atoms with Crippen molar-refractivity contribution < 1.29 is 19.2 Å². The maximum absolute atomic E-state index is 12.1. The highest BCUT2D eigenvalue weighted by Crippen LogP contribution is 2.43. The predicted molar refractivity (Wildman–Crippen MR) is 68.0 cm³/mol. The second kappa shape index (κ2) is 5.71. The van der Waals surface area contributed by atoms with Gasteiger partial charge in [-0.05, 0) is 25.9 Å². The maximum Gasteiger partial charge on any atom is 0.311 e. The number of carbonyl (C=O) groups is 2. The molecule has 2 saturated heterocycles. The zero-order valence-corrected chi connectivity index (χ0v) is 11.2. The molecule has 0 aromatic carbocycles. The van der Waals surface area contributed by atoms with E-state index in [1.165, 1.54) is 12.2 Å². The van der Waals surface area contributed by atoms with Gasteiger partial charge in [0.2, 0.25) is 5.91 Å². The fourth-order valence-electron chi connectivity index (χ4n) is 3.02. The monoisotopic (exact) mass is 268 g/mol. The molecular formula is C13H20N2O4. The molecule has 0 unspecified atom stereocenters. The molecule has 1 spiro atoms. The molecule has 2 heterocycles. The van der Waals surface area contributed by atoms with E-state index in [2.05, 4.69) is 11.9 Å². The Hall–Kier alpha value is -1.40. The standard InChI is InChI=1S/C13H20N2O4/c1-3-8-19-15-11(16)9-10(12(17)18-2)13(15)4-6-14-7-5-13/h3,10,14H,1,4-9H2,2H3/t10-/m1/s1. The molecule has 1 N–H and O–H groups in total. The van der Waals surface area contributed by atoms with Gasteiger partial charge in [0.15, 0.2) is 0 Å². The fraction of sp³-hybridized carbons (Fsp3) is 0.692. The first-order valence-electron chi connectivity index (χ1n) is 6.51. The van der Waals surface area contributed by atoms with Crippen LogP contribution in [0.4, 0.5) is 0 Å². The van der Waals surface area contributed by atoms with Gasteiger partial charge in [-0.25, -0.2) is 5.06 Å². The first-order valence-corrected chi connectivity index (χ1v) is 6.51. The molecule has 2 rings (SSSR count). The normalized spacial score (nSPS) is 25.6. The van der Waals surface area contributed by atoms with E-state index in [4.69, 9.17) is 9.57 Å². The van der Waals surface area contributed by atoms with Gasteiger partial charge in [0.05, 0.1) is 25.2 Å². The van der Waals surface area contributed by atoms with Gasteiger partial charge in [0, 0.05) is 6.42 Å². The van der Waals surface area contributed by atoms with Crippen LogP contribution in [-0.4, -0.2) is 49.3 Å². The summed E-state index contributed by atoms with van der Waals surface area (Å²) in [6.45, 7) is 5.36. The molecule has 0 bridgehead atoms. The third kappa shape index (κ3) is 2.37. The molecule has 1 amide bonds. The molecule has 1 atom stereocenters. The number of rotatable bonds is 4. The molecule has 0 aliphatic carbocycles. The van der Waals surface area contributed by atoms with Crippen LogP contribution in [0.15, 0.2) is 12.7 Å². The third-order valence-corrected chi connectivity index (χ3v) is 3.93. The van der Waals surface area contributed by atoms with Crippen molar-refractivity contribution in [1.82, 2.24) is 10.4 Å². The van der Waals surface area contributed by atoms with Crippen molar-refractivity contribution in [2.24, 2.45) is 5.92 Å². The lowest BCUT2D eigenvalue weighted by atomic mass is 9.78. The van der Waals surface area contributed by atoms with Gasteiger partial charge < -0.3 is 10.1 Å². The fourth-order valence-corrected chi connectivity index (χ4v) is 3.02. The number of amides is 1. The van der Waals surface area contributed by atoms with Gasteiger partial charge in [-0.15, -0.1) is 6.58 Å². The average molecular weight is 268 g/mol. The predicted octanol–water partition coefficient (Wildman–Crippen LogP) is 0.248. The van der Waals surface area contributed by atoms with Crippen LogP contribution < -0.4 is 5.32 Å². The summed E-state index contributed by atoms with van der Waals surface area (Å²) in [4.78, 5) is 29.6. The Kier molecular flexibility index (Phi) is 4.21. The molecule has 6 heteroatoms. The summed E-state index contributed by atoms with van der Waals surface area (Å²) < 4.78 is 4.85. The second-order valence-corrected chi connectivity index (χ2v) is 4.91.